The standard InChI is InChI=1S/C14H20N2O3S/c1-10-7-16(14(17)12-6-15-3-4-18-12)8-13(19-10)11-2-5-20-9-11/h2,5,9-10,12-13,15H,3-4,6-8H2,1H3. The Morgan fingerprint density at radius 1 is 1.50 bits per heavy atom. The van der Waals surface area contributed by atoms with Crippen LogP contribution < -0.4 is 5.32 Å². The second kappa shape index (κ2) is 6.22. The maximum atomic E-state index is 12.5. The predicted octanol–water partition coefficient (Wildman–Crippen LogP) is 1.02. The lowest BCUT2D eigenvalue weighted by molar-refractivity contribution is -0.157. The second-order valence-corrected chi connectivity index (χ2v) is 6.08. The topological polar surface area (TPSA) is 50.8 Å². The maximum absolute atomic E-state index is 12.5. The van der Waals surface area contributed by atoms with Gasteiger partial charge in [0, 0.05) is 19.6 Å². The minimum absolute atomic E-state index is 0.0227. The molecule has 3 atom stereocenters. The highest BCUT2D eigenvalue weighted by Crippen LogP contribution is 2.27. The lowest BCUT2D eigenvalue weighted by Crippen LogP contribution is -2.54. The maximum Gasteiger partial charge on any atom is 0.253 e. The number of ether oxygens (including phenoxy) is 2. The summed E-state index contributed by atoms with van der Waals surface area (Å²) >= 11 is 1.65. The highest BCUT2D eigenvalue weighted by atomic mass is 32.1. The first kappa shape index (κ1) is 14.0. The number of hydrogen-bond donors (Lipinski definition) is 1. The van der Waals surface area contributed by atoms with Crippen molar-refractivity contribution in [2.24, 2.45) is 0 Å². The highest BCUT2D eigenvalue weighted by Gasteiger charge is 2.33. The van der Waals surface area contributed by atoms with Gasteiger partial charge in [0.25, 0.3) is 5.91 Å². The molecule has 2 aliphatic rings. The van der Waals surface area contributed by atoms with Crippen molar-refractivity contribution in [3.63, 3.8) is 0 Å². The summed E-state index contributed by atoms with van der Waals surface area (Å²) in [6.45, 7) is 5.29. The normalized spacial score (nSPS) is 31.2. The number of nitrogens with zero attached hydrogens (tertiary/aromatic N) is 1. The SMILES string of the molecule is CC1CN(C(=O)C2CNCCO2)CC(c2ccsc2)O1. The summed E-state index contributed by atoms with van der Waals surface area (Å²) in [5, 5.41) is 7.33. The smallest absolute Gasteiger partial charge is 0.253 e. The number of nitrogens with one attached hydrogen (secondary N) is 1. The van der Waals surface area contributed by atoms with Crippen molar-refractivity contribution in [3.8, 4) is 0 Å². The Hall–Kier alpha value is -0.950. The fourth-order valence-corrected chi connectivity index (χ4v) is 3.40. The van der Waals surface area contributed by atoms with E-state index in [4.69, 9.17) is 9.47 Å². The van der Waals surface area contributed by atoms with Gasteiger partial charge in [0.1, 0.15) is 12.2 Å². The van der Waals surface area contributed by atoms with E-state index in [1.165, 1.54) is 0 Å². The van der Waals surface area contributed by atoms with Gasteiger partial charge >= 0.3 is 0 Å². The number of carbonyl (C=O) groups is 1. The second-order valence-electron chi connectivity index (χ2n) is 5.30. The zero-order chi connectivity index (χ0) is 13.9. The van der Waals surface area contributed by atoms with Crippen molar-refractivity contribution >= 4 is 17.2 Å². The summed E-state index contributed by atoms with van der Waals surface area (Å²) < 4.78 is 11.5. The Balaban J connectivity index is 1.67. The van der Waals surface area contributed by atoms with E-state index >= 15 is 0 Å². The zero-order valence-electron chi connectivity index (χ0n) is 11.6. The van der Waals surface area contributed by atoms with Crippen LogP contribution in [-0.2, 0) is 14.3 Å². The third-order valence-corrected chi connectivity index (χ3v) is 4.39. The van der Waals surface area contributed by atoms with Crippen molar-refractivity contribution in [1.82, 2.24) is 10.2 Å². The first-order chi connectivity index (χ1) is 9.74. The quantitative estimate of drug-likeness (QED) is 0.885. The third-order valence-electron chi connectivity index (χ3n) is 3.69. The number of carbonyl (C=O) groups excluding carboxylic acids is 1. The molecule has 3 rings (SSSR count). The summed E-state index contributed by atoms with van der Waals surface area (Å²) in [4.78, 5) is 14.4. The van der Waals surface area contributed by atoms with E-state index in [0.717, 1.165) is 12.1 Å². The van der Waals surface area contributed by atoms with E-state index in [1.54, 1.807) is 11.3 Å². The van der Waals surface area contributed by atoms with Crippen molar-refractivity contribution in [2.75, 3.05) is 32.8 Å². The van der Waals surface area contributed by atoms with Crippen LogP contribution in [0.15, 0.2) is 16.8 Å². The molecule has 0 saturated carbocycles. The number of rotatable bonds is 2. The van der Waals surface area contributed by atoms with Gasteiger partial charge in [-0.2, -0.15) is 11.3 Å². The van der Waals surface area contributed by atoms with Crippen LogP contribution in [-0.4, -0.2) is 55.8 Å². The van der Waals surface area contributed by atoms with Crippen molar-refractivity contribution in [2.45, 2.75) is 25.2 Å². The molecule has 2 fully saturated rings. The molecule has 20 heavy (non-hydrogen) atoms. The van der Waals surface area contributed by atoms with Crippen LogP contribution in [0.5, 0.6) is 0 Å². The Labute approximate surface area is 122 Å². The van der Waals surface area contributed by atoms with Gasteiger partial charge in [-0.25, -0.2) is 0 Å². The molecule has 0 aromatic carbocycles. The monoisotopic (exact) mass is 296 g/mol. The minimum atomic E-state index is -0.350. The molecule has 1 N–H and O–H groups in total. The molecule has 0 bridgehead atoms. The molecule has 0 radical (unpaired) electrons. The zero-order valence-corrected chi connectivity index (χ0v) is 12.4. The summed E-state index contributed by atoms with van der Waals surface area (Å²) in [5.41, 5.74) is 1.15. The summed E-state index contributed by atoms with van der Waals surface area (Å²) in [6, 6.07) is 2.06. The Morgan fingerprint density at radius 3 is 3.10 bits per heavy atom. The molecule has 5 nitrogen and oxygen atoms in total. The molecular formula is C14H20N2O3S. The van der Waals surface area contributed by atoms with E-state index in [-0.39, 0.29) is 24.2 Å². The average Bonchev–Trinajstić information content (AvgIpc) is 3.01. The van der Waals surface area contributed by atoms with Gasteiger partial charge in [-0.3, -0.25) is 4.79 Å². The van der Waals surface area contributed by atoms with Gasteiger partial charge in [-0.1, -0.05) is 0 Å². The number of morpholine rings is 2. The van der Waals surface area contributed by atoms with Gasteiger partial charge in [0.2, 0.25) is 0 Å². The average molecular weight is 296 g/mol. The van der Waals surface area contributed by atoms with Gasteiger partial charge in [0.05, 0.1) is 19.3 Å². The molecule has 3 unspecified atom stereocenters. The summed E-state index contributed by atoms with van der Waals surface area (Å²) in [6.07, 6.45) is -0.322. The van der Waals surface area contributed by atoms with E-state index in [9.17, 15) is 4.79 Å². The van der Waals surface area contributed by atoms with Gasteiger partial charge in [0.15, 0.2) is 0 Å². The van der Waals surface area contributed by atoms with Crippen molar-refractivity contribution in [3.05, 3.63) is 22.4 Å². The van der Waals surface area contributed by atoms with E-state index in [0.29, 0.717) is 26.2 Å². The van der Waals surface area contributed by atoms with Crippen LogP contribution in [0.3, 0.4) is 0 Å². The van der Waals surface area contributed by atoms with E-state index in [2.05, 4.69) is 16.8 Å². The lowest BCUT2D eigenvalue weighted by atomic mass is 10.1. The Kier molecular flexibility index (Phi) is 4.35. The van der Waals surface area contributed by atoms with Crippen molar-refractivity contribution in [1.29, 1.82) is 0 Å². The number of thiophene rings is 1. The molecule has 0 aliphatic carbocycles. The fraction of sp³-hybridized carbons (Fsp3) is 0.643. The number of hydrogen-bond acceptors (Lipinski definition) is 5. The third kappa shape index (κ3) is 3.03. The molecule has 6 heteroatoms. The minimum Gasteiger partial charge on any atom is -0.367 e. The molecule has 110 valence electrons. The van der Waals surface area contributed by atoms with Crippen LogP contribution in [0.1, 0.15) is 18.6 Å². The van der Waals surface area contributed by atoms with Gasteiger partial charge in [-0.05, 0) is 29.3 Å². The van der Waals surface area contributed by atoms with E-state index in [1.807, 2.05) is 17.2 Å². The number of amides is 1. The van der Waals surface area contributed by atoms with Crippen LogP contribution in [0, 0.1) is 0 Å². The molecule has 1 aromatic rings. The fourth-order valence-electron chi connectivity index (χ4n) is 2.70. The Bertz CT molecular complexity index is 445. The highest BCUT2D eigenvalue weighted by molar-refractivity contribution is 7.07. The van der Waals surface area contributed by atoms with Crippen LogP contribution in [0.25, 0.3) is 0 Å². The van der Waals surface area contributed by atoms with Crippen LogP contribution in [0.4, 0.5) is 0 Å². The van der Waals surface area contributed by atoms with Gasteiger partial charge < -0.3 is 19.7 Å². The van der Waals surface area contributed by atoms with Crippen molar-refractivity contribution < 1.29 is 14.3 Å². The molecule has 1 aromatic heterocycles. The molecule has 3 heterocycles. The molecule has 2 aliphatic heterocycles. The molecule has 2 saturated heterocycles. The first-order valence-electron chi connectivity index (χ1n) is 7.02. The molecule has 1 amide bonds. The van der Waals surface area contributed by atoms with E-state index < -0.39 is 0 Å². The van der Waals surface area contributed by atoms with Crippen LogP contribution >= 0.6 is 11.3 Å². The molecular weight excluding hydrogens is 276 g/mol. The molecule has 0 spiro atoms. The van der Waals surface area contributed by atoms with Gasteiger partial charge in [-0.15, -0.1) is 0 Å². The largest absolute Gasteiger partial charge is 0.367 e. The lowest BCUT2D eigenvalue weighted by Gasteiger charge is -2.38. The predicted molar refractivity (Wildman–Crippen MR) is 76.8 cm³/mol. The van der Waals surface area contributed by atoms with Crippen LogP contribution in [0.2, 0.25) is 0 Å². The Morgan fingerprint density at radius 2 is 2.40 bits per heavy atom. The summed E-state index contributed by atoms with van der Waals surface area (Å²) in [7, 11) is 0. The summed E-state index contributed by atoms with van der Waals surface area (Å²) in [5.74, 6) is 0.0765. The first-order valence-corrected chi connectivity index (χ1v) is 7.97.